The van der Waals surface area contributed by atoms with E-state index in [4.69, 9.17) is 10.5 Å². The second-order valence-corrected chi connectivity index (χ2v) is 4.38. The normalized spacial score (nSPS) is 24.0. The van der Waals surface area contributed by atoms with Gasteiger partial charge in [-0.2, -0.15) is 0 Å². The second-order valence-electron chi connectivity index (χ2n) is 4.38. The van der Waals surface area contributed by atoms with Gasteiger partial charge < -0.3 is 10.5 Å². The number of methoxy groups -OCH3 is 1. The first-order valence-corrected chi connectivity index (χ1v) is 5.49. The summed E-state index contributed by atoms with van der Waals surface area (Å²) in [5.74, 6) is 1.34. The summed E-state index contributed by atoms with van der Waals surface area (Å²) in [5.41, 5.74) is 6.17. The molecular weight excluding hydrogens is 162 g/mol. The zero-order valence-electron chi connectivity index (χ0n) is 9.12. The molecule has 0 bridgehead atoms. The van der Waals surface area contributed by atoms with E-state index in [2.05, 4.69) is 13.8 Å². The Labute approximate surface area is 81.8 Å². The van der Waals surface area contributed by atoms with Crippen LogP contribution in [0, 0.1) is 11.8 Å². The van der Waals surface area contributed by atoms with Crippen LogP contribution in [0.1, 0.15) is 39.5 Å². The van der Waals surface area contributed by atoms with Crippen molar-refractivity contribution in [2.24, 2.45) is 17.6 Å². The summed E-state index contributed by atoms with van der Waals surface area (Å²) in [6.45, 7) is 4.45. The van der Waals surface area contributed by atoms with E-state index in [1.807, 2.05) is 0 Å². The quantitative estimate of drug-likeness (QED) is 0.688. The number of nitrogens with two attached hydrogens (primary N) is 1. The first-order valence-electron chi connectivity index (χ1n) is 5.49. The van der Waals surface area contributed by atoms with Crippen LogP contribution >= 0.6 is 0 Å². The maximum Gasteiger partial charge on any atom is 0.0752 e. The van der Waals surface area contributed by atoms with Crippen molar-refractivity contribution < 1.29 is 4.74 Å². The molecule has 1 aliphatic rings. The van der Waals surface area contributed by atoms with E-state index < -0.39 is 0 Å². The van der Waals surface area contributed by atoms with E-state index >= 15 is 0 Å². The van der Waals surface area contributed by atoms with Crippen molar-refractivity contribution >= 4 is 0 Å². The molecule has 0 aromatic rings. The number of ether oxygens (including phenoxy) is 1. The topological polar surface area (TPSA) is 35.2 Å². The summed E-state index contributed by atoms with van der Waals surface area (Å²) in [7, 11) is 1.79. The van der Waals surface area contributed by atoms with Crippen LogP contribution < -0.4 is 5.73 Å². The molecule has 0 heterocycles. The molecule has 1 fully saturated rings. The Morgan fingerprint density at radius 3 is 2.46 bits per heavy atom. The van der Waals surface area contributed by atoms with E-state index in [-0.39, 0.29) is 6.04 Å². The lowest BCUT2D eigenvalue weighted by Gasteiger charge is -2.27. The maximum atomic E-state index is 6.17. The molecule has 13 heavy (non-hydrogen) atoms. The standard InChI is InChI=1S/C11H23NO/c1-4-5-8(2)10(12)11(13-3)9-6-7-9/h8-11H,4-7,12H2,1-3H3. The average Bonchev–Trinajstić information content (AvgIpc) is 2.90. The SMILES string of the molecule is CCCC(C)C(N)C(OC)C1CC1. The molecule has 0 saturated heterocycles. The van der Waals surface area contributed by atoms with Crippen LogP contribution in [0.3, 0.4) is 0 Å². The highest BCUT2D eigenvalue weighted by Gasteiger charge is 2.36. The molecule has 1 saturated carbocycles. The Kier molecular flexibility index (Phi) is 4.20. The van der Waals surface area contributed by atoms with Gasteiger partial charge in [0.05, 0.1) is 6.10 Å². The molecule has 2 N–H and O–H groups in total. The highest BCUT2D eigenvalue weighted by Crippen LogP contribution is 2.36. The van der Waals surface area contributed by atoms with Crippen molar-refractivity contribution in [3.8, 4) is 0 Å². The number of hydrogen-bond acceptors (Lipinski definition) is 2. The van der Waals surface area contributed by atoms with Gasteiger partial charge >= 0.3 is 0 Å². The van der Waals surface area contributed by atoms with E-state index in [0.29, 0.717) is 12.0 Å². The molecule has 1 rings (SSSR count). The first kappa shape index (κ1) is 11.0. The van der Waals surface area contributed by atoms with Crippen LogP contribution in [0.4, 0.5) is 0 Å². The molecule has 0 amide bonds. The van der Waals surface area contributed by atoms with Gasteiger partial charge in [0.1, 0.15) is 0 Å². The Morgan fingerprint density at radius 1 is 1.46 bits per heavy atom. The van der Waals surface area contributed by atoms with Crippen LogP contribution in [0.5, 0.6) is 0 Å². The number of rotatable bonds is 6. The van der Waals surface area contributed by atoms with Crippen molar-refractivity contribution in [1.29, 1.82) is 0 Å². The third-order valence-electron chi connectivity index (χ3n) is 3.14. The summed E-state index contributed by atoms with van der Waals surface area (Å²) in [6.07, 6.45) is 5.36. The zero-order chi connectivity index (χ0) is 9.84. The van der Waals surface area contributed by atoms with Crippen LogP contribution in [-0.4, -0.2) is 19.3 Å². The molecule has 0 spiro atoms. The van der Waals surface area contributed by atoms with E-state index in [0.717, 1.165) is 5.92 Å². The average molecular weight is 185 g/mol. The van der Waals surface area contributed by atoms with E-state index in [9.17, 15) is 0 Å². The minimum Gasteiger partial charge on any atom is -0.380 e. The van der Waals surface area contributed by atoms with Crippen molar-refractivity contribution in [2.75, 3.05) is 7.11 Å². The molecule has 1 aliphatic carbocycles. The maximum absolute atomic E-state index is 6.17. The van der Waals surface area contributed by atoms with Gasteiger partial charge in [0.2, 0.25) is 0 Å². The van der Waals surface area contributed by atoms with Crippen molar-refractivity contribution in [2.45, 2.75) is 51.7 Å². The fraction of sp³-hybridized carbons (Fsp3) is 1.00. The van der Waals surface area contributed by atoms with Crippen LogP contribution in [0.15, 0.2) is 0 Å². The Balaban J connectivity index is 2.37. The monoisotopic (exact) mass is 185 g/mol. The first-order chi connectivity index (χ1) is 6.20. The van der Waals surface area contributed by atoms with Crippen molar-refractivity contribution in [3.63, 3.8) is 0 Å². The van der Waals surface area contributed by atoms with Gasteiger partial charge in [-0.05, 0) is 31.1 Å². The highest BCUT2D eigenvalue weighted by molar-refractivity contribution is 4.90. The second kappa shape index (κ2) is 4.97. The van der Waals surface area contributed by atoms with Crippen molar-refractivity contribution in [1.82, 2.24) is 0 Å². The molecule has 0 aliphatic heterocycles. The molecule has 2 heteroatoms. The smallest absolute Gasteiger partial charge is 0.0752 e. The fourth-order valence-electron chi connectivity index (χ4n) is 2.06. The third-order valence-corrected chi connectivity index (χ3v) is 3.14. The van der Waals surface area contributed by atoms with Crippen LogP contribution in [0.2, 0.25) is 0 Å². The number of hydrogen-bond donors (Lipinski definition) is 1. The lowest BCUT2D eigenvalue weighted by atomic mass is 9.91. The molecule has 0 radical (unpaired) electrons. The summed E-state index contributed by atoms with van der Waals surface area (Å²) in [5, 5.41) is 0. The largest absolute Gasteiger partial charge is 0.380 e. The molecule has 3 unspecified atom stereocenters. The van der Waals surface area contributed by atoms with Gasteiger partial charge in [-0.1, -0.05) is 20.3 Å². The van der Waals surface area contributed by atoms with Gasteiger partial charge in [-0.25, -0.2) is 0 Å². The molecular formula is C11H23NO. The van der Waals surface area contributed by atoms with Crippen molar-refractivity contribution in [3.05, 3.63) is 0 Å². The zero-order valence-corrected chi connectivity index (χ0v) is 9.12. The van der Waals surface area contributed by atoms with Gasteiger partial charge in [-0.3, -0.25) is 0 Å². The minimum atomic E-state index is 0.234. The Hall–Kier alpha value is -0.0800. The highest BCUT2D eigenvalue weighted by atomic mass is 16.5. The summed E-state index contributed by atoms with van der Waals surface area (Å²) < 4.78 is 5.48. The third kappa shape index (κ3) is 2.96. The van der Waals surface area contributed by atoms with Gasteiger partial charge in [0.15, 0.2) is 0 Å². The van der Waals surface area contributed by atoms with Gasteiger partial charge in [0.25, 0.3) is 0 Å². The molecule has 78 valence electrons. The van der Waals surface area contributed by atoms with E-state index in [1.165, 1.54) is 25.7 Å². The lowest BCUT2D eigenvalue weighted by molar-refractivity contribution is 0.0459. The van der Waals surface area contributed by atoms with Gasteiger partial charge in [0, 0.05) is 13.2 Å². The molecule has 0 aromatic carbocycles. The summed E-state index contributed by atoms with van der Waals surface area (Å²) >= 11 is 0. The van der Waals surface area contributed by atoms with Gasteiger partial charge in [-0.15, -0.1) is 0 Å². The molecule has 0 aromatic heterocycles. The van der Waals surface area contributed by atoms with Crippen LogP contribution in [-0.2, 0) is 4.74 Å². The molecule has 2 nitrogen and oxygen atoms in total. The Morgan fingerprint density at radius 2 is 2.08 bits per heavy atom. The lowest BCUT2D eigenvalue weighted by Crippen LogP contribution is -2.42. The minimum absolute atomic E-state index is 0.234. The summed E-state index contributed by atoms with van der Waals surface area (Å²) in [4.78, 5) is 0. The Bertz CT molecular complexity index is 145. The predicted molar refractivity (Wildman–Crippen MR) is 55.6 cm³/mol. The predicted octanol–water partition coefficient (Wildman–Crippen LogP) is 2.17. The summed E-state index contributed by atoms with van der Waals surface area (Å²) in [6, 6.07) is 0.234. The molecule has 3 atom stereocenters. The van der Waals surface area contributed by atoms with E-state index in [1.54, 1.807) is 7.11 Å². The fourth-order valence-corrected chi connectivity index (χ4v) is 2.06. The van der Waals surface area contributed by atoms with Crippen LogP contribution in [0.25, 0.3) is 0 Å².